The largest absolute Gasteiger partial charge is 0.393 e. The highest BCUT2D eigenvalue weighted by Crippen LogP contribution is 2.22. The molecule has 0 radical (unpaired) electrons. The molecule has 0 amide bonds. The van der Waals surface area contributed by atoms with E-state index in [1.54, 1.807) is 0 Å². The van der Waals surface area contributed by atoms with E-state index in [1.165, 1.54) is 0 Å². The van der Waals surface area contributed by atoms with Crippen LogP contribution in [0.15, 0.2) is 0 Å². The third-order valence-corrected chi connectivity index (χ3v) is 3.04. The van der Waals surface area contributed by atoms with E-state index in [-0.39, 0.29) is 12.0 Å². The molecule has 0 aliphatic heterocycles. The smallest absolute Gasteiger partial charge is 0.0608 e. The minimum atomic E-state index is -0.232. The average molecular weight is 187 g/mol. The van der Waals surface area contributed by atoms with E-state index in [4.69, 9.17) is 5.73 Å². The lowest BCUT2D eigenvalue weighted by Crippen LogP contribution is -2.35. The summed E-state index contributed by atoms with van der Waals surface area (Å²) in [7, 11) is 0. The van der Waals surface area contributed by atoms with Gasteiger partial charge in [0.15, 0.2) is 0 Å². The predicted octanol–water partition coefficient (Wildman–Crippen LogP) is 2.01. The maximum Gasteiger partial charge on any atom is 0.0608 e. The van der Waals surface area contributed by atoms with Gasteiger partial charge in [0.25, 0.3) is 0 Å². The van der Waals surface area contributed by atoms with Crippen molar-refractivity contribution in [1.82, 2.24) is 0 Å². The predicted molar refractivity (Wildman–Crippen MR) is 57.5 cm³/mol. The summed E-state index contributed by atoms with van der Waals surface area (Å²) in [6.07, 6.45) is 1.91. The zero-order valence-corrected chi connectivity index (χ0v) is 9.46. The van der Waals surface area contributed by atoms with Gasteiger partial charge in [-0.3, -0.25) is 0 Å². The van der Waals surface area contributed by atoms with E-state index in [0.29, 0.717) is 18.4 Å². The number of hydrogen-bond donors (Lipinski definition) is 2. The lowest BCUT2D eigenvalue weighted by Gasteiger charge is -2.28. The Morgan fingerprint density at radius 1 is 1.23 bits per heavy atom. The monoisotopic (exact) mass is 187 g/mol. The van der Waals surface area contributed by atoms with Crippen LogP contribution in [0.5, 0.6) is 0 Å². The Morgan fingerprint density at radius 2 is 1.77 bits per heavy atom. The number of rotatable bonds is 6. The van der Waals surface area contributed by atoms with Gasteiger partial charge in [0.05, 0.1) is 6.10 Å². The van der Waals surface area contributed by atoms with Crippen LogP contribution in [0.2, 0.25) is 0 Å². The van der Waals surface area contributed by atoms with Gasteiger partial charge >= 0.3 is 0 Å². The number of nitrogens with two attached hydrogens (primary N) is 1. The normalized spacial score (nSPS) is 18.7. The minimum absolute atomic E-state index is 0.232. The van der Waals surface area contributed by atoms with E-state index >= 15 is 0 Å². The van der Waals surface area contributed by atoms with Gasteiger partial charge in [-0.1, -0.05) is 34.1 Å². The van der Waals surface area contributed by atoms with Crippen LogP contribution in [-0.4, -0.2) is 17.8 Å². The molecule has 0 aromatic carbocycles. The fourth-order valence-electron chi connectivity index (χ4n) is 1.62. The topological polar surface area (TPSA) is 46.2 Å². The van der Waals surface area contributed by atoms with Crippen molar-refractivity contribution < 1.29 is 5.11 Å². The molecule has 0 rings (SSSR count). The fraction of sp³-hybridized carbons (Fsp3) is 1.00. The van der Waals surface area contributed by atoms with Gasteiger partial charge in [-0.25, -0.2) is 0 Å². The van der Waals surface area contributed by atoms with Crippen molar-refractivity contribution in [3.8, 4) is 0 Å². The molecule has 0 heterocycles. The second-order valence-corrected chi connectivity index (χ2v) is 4.38. The second kappa shape index (κ2) is 6.39. The molecule has 0 bridgehead atoms. The highest BCUT2D eigenvalue weighted by atomic mass is 16.3. The Bertz CT molecular complexity index is 125. The molecule has 2 heteroatoms. The molecule has 3 atom stereocenters. The number of aliphatic hydroxyl groups is 1. The van der Waals surface area contributed by atoms with Crippen molar-refractivity contribution in [2.45, 2.75) is 46.6 Å². The Morgan fingerprint density at radius 3 is 2.08 bits per heavy atom. The van der Waals surface area contributed by atoms with E-state index in [9.17, 15) is 5.11 Å². The van der Waals surface area contributed by atoms with Gasteiger partial charge in [-0.2, -0.15) is 0 Å². The number of aliphatic hydroxyl groups excluding tert-OH is 1. The molecular formula is C11H25NO. The molecule has 0 aliphatic rings. The van der Waals surface area contributed by atoms with Crippen molar-refractivity contribution in [2.24, 2.45) is 23.5 Å². The van der Waals surface area contributed by atoms with Crippen LogP contribution in [-0.2, 0) is 0 Å². The van der Waals surface area contributed by atoms with Crippen LogP contribution in [0.3, 0.4) is 0 Å². The summed E-state index contributed by atoms with van der Waals surface area (Å²) in [5, 5.41) is 10.00. The van der Waals surface area contributed by atoms with Crippen molar-refractivity contribution in [3.05, 3.63) is 0 Å². The van der Waals surface area contributed by atoms with Gasteiger partial charge in [0, 0.05) is 0 Å². The van der Waals surface area contributed by atoms with Crippen molar-refractivity contribution >= 4 is 0 Å². The zero-order valence-electron chi connectivity index (χ0n) is 9.46. The molecule has 0 aromatic heterocycles. The Labute approximate surface area is 82.5 Å². The van der Waals surface area contributed by atoms with Crippen LogP contribution in [0.1, 0.15) is 40.5 Å². The van der Waals surface area contributed by atoms with Gasteiger partial charge < -0.3 is 10.8 Å². The molecule has 13 heavy (non-hydrogen) atoms. The average Bonchev–Trinajstić information content (AvgIpc) is 2.11. The second-order valence-electron chi connectivity index (χ2n) is 4.38. The summed E-state index contributed by atoms with van der Waals surface area (Å²) in [5.41, 5.74) is 5.64. The van der Waals surface area contributed by atoms with Crippen LogP contribution in [0, 0.1) is 17.8 Å². The van der Waals surface area contributed by atoms with E-state index < -0.39 is 0 Å². The Balaban J connectivity index is 4.10. The van der Waals surface area contributed by atoms with Crippen molar-refractivity contribution in [2.75, 3.05) is 6.54 Å². The van der Waals surface area contributed by atoms with Crippen LogP contribution in [0.4, 0.5) is 0 Å². The van der Waals surface area contributed by atoms with Crippen LogP contribution < -0.4 is 5.73 Å². The van der Waals surface area contributed by atoms with Crippen molar-refractivity contribution in [3.63, 3.8) is 0 Å². The van der Waals surface area contributed by atoms with Gasteiger partial charge in [-0.05, 0) is 30.7 Å². The summed E-state index contributed by atoms with van der Waals surface area (Å²) in [6, 6.07) is 0. The van der Waals surface area contributed by atoms with Crippen LogP contribution in [0.25, 0.3) is 0 Å². The molecule has 0 aromatic rings. The molecule has 2 nitrogen and oxygen atoms in total. The molecule has 0 aliphatic carbocycles. The highest BCUT2D eigenvalue weighted by Gasteiger charge is 2.24. The molecule has 0 spiro atoms. The molecule has 3 unspecified atom stereocenters. The lowest BCUT2D eigenvalue weighted by atomic mass is 9.83. The third-order valence-electron chi connectivity index (χ3n) is 3.04. The van der Waals surface area contributed by atoms with E-state index in [1.807, 2.05) is 0 Å². The molecule has 0 saturated heterocycles. The Hall–Kier alpha value is -0.0800. The molecule has 0 saturated carbocycles. The summed E-state index contributed by atoms with van der Waals surface area (Å²) in [5.74, 6) is 1.16. The summed E-state index contributed by atoms with van der Waals surface area (Å²) in [6.45, 7) is 9.13. The minimum Gasteiger partial charge on any atom is -0.393 e. The van der Waals surface area contributed by atoms with E-state index in [2.05, 4.69) is 27.7 Å². The highest BCUT2D eigenvalue weighted by molar-refractivity contribution is 4.76. The summed E-state index contributed by atoms with van der Waals surface area (Å²) < 4.78 is 0. The SMILES string of the molecule is CCCC(CN)C(O)C(C)C(C)C. The quantitative estimate of drug-likeness (QED) is 0.668. The summed E-state index contributed by atoms with van der Waals surface area (Å²) in [4.78, 5) is 0. The zero-order chi connectivity index (χ0) is 10.4. The summed E-state index contributed by atoms with van der Waals surface area (Å²) >= 11 is 0. The first kappa shape index (κ1) is 12.9. The Kier molecular flexibility index (Phi) is 6.35. The number of hydrogen-bond acceptors (Lipinski definition) is 2. The molecule has 3 N–H and O–H groups in total. The van der Waals surface area contributed by atoms with Gasteiger partial charge in [0.2, 0.25) is 0 Å². The third kappa shape index (κ3) is 4.10. The van der Waals surface area contributed by atoms with Gasteiger partial charge in [0.1, 0.15) is 0 Å². The maximum absolute atomic E-state index is 10.00. The standard InChI is InChI=1S/C11H25NO/c1-5-6-10(7-12)11(13)9(4)8(2)3/h8-11,13H,5-7,12H2,1-4H3. The molecular weight excluding hydrogens is 162 g/mol. The van der Waals surface area contributed by atoms with E-state index in [0.717, 1.165) is 12.8 Å². The maximum atomic E-state index is 10.00. The van der Waals surface area contributed by atoms with Crippen molar-refractivity contribution in [1.29, 1.82) is 0 Å². The first-order chi connectivity index (χ1) is 6.04. The van der Waals surface area contributed by atoms with Gasteiger partial charge in [-0.15, -0.1) is 0 Å². The van der Waals surface area contributed by atoms with Crippen LogP contribution >= 0.6 is 0 Å². The fourth-order valence-corrected chi connectivity index (χ4v) is 1.62. The first-order valence-electron chi connectivity index (χ1n) is 5.42. The molecule has 80 valence electrons. The lowest BCUT2D eigenvalue weighted by molar-refractivity contribution is 0.0375. The first-order valence-corrected chi connectivity index (χ1v) is 5.42. The molecule has 0 fully saturated rings.